The molecule has 11 atom stereocenters. The molecule has 5 saturated carbocycles. The minimum atomic E-state index is -0.636. The van der Waals surface area contributed by atoms with Crippen molar-refractivity contribution in [1.82, 2.24) is 0 Å². The van der Waals surface area contributed by atoms with Gasteiger partial charge in [0.1, 0.15) is 0 Å². The fraction of sp³-hybridized carbons (Fsp3) is 0.944. The molecular formula is C36H60O6. The summed E-state index contributed by atoms with van der Waals surface area (Å²) in [6.45, 7) is 20.4. The van der Waals surface area contributed by atoms with Gasteiger partial charge in [0, 0.05) is 0 Å². The SMILES string of the molecule is CC(COCOC(=O)C(C)(C)C)C1CC[C@]2(C(=O)O)CC[C@]3(C)C(CCC4[C@@]5(C)CC[C@H](O)C(C)(C)C5CC[C@]43C)C12. The number of fused-ring (bicyclic) bond motifs is 7. The van der Waals surface area contributed by atoms with E-state index in [-0.39, 0.29) is 52.4 Å². The van der Waals surface area contributed by atoms with Crippen LogP contribution in [0, 0.1) is 68.0 Å². The van der Waals surface area contributed by atoms with Crippen LogP contribution in [0.15, 0.2) is 0 Å². The number of hydrogen-bond donors (Lipinski definition) is 2. The third-order valence-corrected chi connectivity index (χ3v) is 14.9. The second-order valence-corrected chi connectivity index (χ2v) is 17.9. The van der Waals surface area contributed by atoms with Gasteiger partial charge in [-0.2, -0.15) is 0 Å². The highest BCUT2D eigenvalue weighted by Gasteiger charge is 2.72. The van der Waals surface area contributed by atoms with E-state index in [4.69, 9.17) is 9.47 Å². The van der Waals surface area contributed by atoms with Gasteiger partial charge in [-0.05, 0) is 142 Å². The van der Waals surface area contributed by atoms with E-state index in [0.717, 1.165) is 51.4 Å². The largest absolute Gasteiger partial charge is 0.481 e. The van der Waals surface area contributed by atoms with Crippen LogP contribution in [0.1, 0.15) is 127 Å². The molecule has 0 spiro atoms. The van der Waals surface area contributed by atoms with Crippen molar-refractivity contribution in [2.45, 2.75) is 133 Å². The van der Waals surface area contributed by atoms with Crippen LogP contribution in [0.2, 0.25) is 0 Å². The summed E-state index contributed by atoms with van der Waals surface area (Å²) in [5, 5.41) is 21.8. The average Bonchev–Trinajstić information content (AvgIpc) is 3.30. The maximum Gasteiger partial charge on any atom is 0.313 e. The van der Waals surface area contributed by atoms with Gasteiger partial charge in [-0.25, -0.2) is 0 Å². The van der Waals surface area contributed by atoms with Crippen molar-refractivity contribution in [3.8, 4) is 0 Å². The number of carboxylic acids is 1. The maximum absolute atomic E-state index is 13.1. The lowest BCUT2D eigenvalue weighted by molar-refractivity contribution is -0.250. The predicted octanol–water partition coefficient (Wildman–Crippen LogP) is 7.71. The van der Waals surface area contributed by atoms with Crippen molar-refractivity contribution in [3.05, 3.63) is 0 Å². The van der Waals surface area contributed by atoms with Crippen LogP contribution >= 0.6 is 0 Å². The number of carboxylic acid groups (broad SMARTS) is 1. The highest BCUT2D eigenvalue weighted by molar-refractivity contribution is 5.76. The van der Waals surface area contributed by atoms with E-state index in [0.29, 0.717) is 30.3 Å². The number of ether oxygens (including phenoxy) is 2. The van der Waals surface area contributed by atoms with Gasteiger partial charge >= 0.3 is 11.9 Å². The summed E-state index contributed by atoms with van der Waals surface area (Å²) < 4.78 is 11.3. The van der Waals surface area contributed by atoms with Crippen LogP contribution in [-0.2, 0) is 19.1 Å². The molecule has 0 heterocycles. The Balaban J connectivity index is 1.40. The van der Waals surface area contributed by atoms with Crippen LogP contribution in [0.4, 0.5) is 0 Å². The Morgan fingerprint density at radius 1 is 0.857 bits per heavy atom. The van der Waals surface area contributed by atoms with Crippen molar-refractivity contribution >= 4 is 11.9 Å². The quantitative estimate of drug-likeness (QED) is 0.188. The number of rotatable bonds is 6. The van der Waals surface area contributed by atoms with Crippen LogP contribution in [0.5, 0.6) is 0 Å². The van der Waals surface area contributed by atoms with Gasteiger partial charge in [0.25, 0.3) is 0 Å². The summed E-state index contributed by atoms with van der Waals surface area (Å²) >= 11 is 0. The molecule has 6 nitrogen and oxygen atoms in total. The number of aliphatic hydroxyl groups excluding tert-OH is 1. The van der Waals surface area contributed by atoms with E-state index >= 15 is 0 Å². The van der Waals surface area contributed by atoms with Crippen molar-refractivity contribution in [2.24, 2.45) is 68.0 Å². The topological polar surface area (TPSA) is 93.1 Å². The molecule has 0 bridgehead atoms. The molecular weight excluding hydrogens is 528 g/mol. The first-order chi connectivity index (χ1) is 19.4. The van der Waals surface area contributed by atoms with Gasteiger partial charge in [0.2, 0.25) is 0 Å². The van der Waals surface area contributed by atoms with Crippen LogP contribution in [0.3, 0.4) is 0 Å². The molecule has 240 valence electrons. The lowest BCUT2D eigenvalue weighted by Gasteiger charge is -2.72. The lowest BCUT2D eigenvalue weighted by atomic mass is 9.32. The Labute approximate surface area is 255 Å². The Morgan fingerprint density at radius 2 is 1.55 bits per heavy atom. The molecule has 0 radical (unpaired) electrons. The zero-order chi connectivity index (χ0) is 31.1. The highest BCUT2D eigenvalue weighted by Crippen LogP contribution is 2.77. The molecule has 5 rings (SSSR count). The maximum atomic E-state index is 13.1. The van der Waals surface area contributed by atoms with Gasteiger partial charge in [-0.3, -0.25) is 9.59 Å². The van der Waals surface area contributed by atoms with E-state index < -0.39 is 16.8 Å². The van der Waals surface area contributed by atoms with Crippen LogP contribution in [0.25, 0.3) is 0 Å². The van der Waals surface area contributed by atoms with Crippen LogP contribution in [-0.4, -0.2) is 41.7 Å². The highest BCUT2D eigenvalue weighted by atomic mass is 16.7. The summed E-state index contributed by atoms with van der Waals surface area (Å²) in [5.74, 6) is 1.30. The molecule has 5 fully saturated rings. The Hall–Kier alpha value is -1.14. The normalized spacial score (nSPS) is 46.9. The lowest BCUT2D eigenvalue weighted by Crippen LogP contribution is -2.67. The van der Waals surface area contributed by atoms with Crippen LogP contribution < -0.4 is 0 Å². The molecule has 0 aromatic heterocycles. The summed E-state index contributed by atoms with van der Waals surface area (Å²) in [6, 6.07) is 0. The second-order valence-electron chi connectivity index (χ2n) is 17.9. The number of carbonyl (C=O) groups excluding carboxylic acids is 1. The first-order valence-electron chi connectivity index (χ1n) is 17.0. The van der Waals surface area contributed by atoms with Gasteiger partial charge in [0.05, 0.1) is 23.5 Å². The molecule has 0 amide bonds. The van der Waals surface area contributed by atoms with E-state index in [1.807, 2.05) is 20.8 Å². The third-order valence-electron chi connectivity index (χ3n) is 14.9. The molecule has 6 unspecified atom stereocenters. The summed E-state index contributed by atoms with van der Waals surface area (Å²) in [5.41, 5.74) is -0.789. The van der Waals surface area contributed by atoms with Crippen molar-refractivity contribution in [3.63, 3.8) is 0 Å². The van der Waals surface area contributed by atoms with E-state index in [1.165, 1.54) is 12.8 Å². The van der Waals surface area contributed by atoms with Gasteiger partial charge in [0.15, 0.2) is 6.79 Å². The van der Waals surface area contributed by atoms with E-state index in [9.17, 15) is 19.8 Å². The molecule has 0 saturated heterocycles. The summed E-state index contributed by atoms with van der Waals surface area (Å²) in [4.78, 5) is 25.3. The summed E-state index contributed by atoms with van der Waals surface area (Å²) in [6.07, 6.45) is 9.85. The van der Waals surface area contributed by atoms with Gasteiger partial charge in [-0.15, -0.1) is 0 Å². The van der Waals surface area contributed by atoms with Gasteiger partial charge in [-0.1, -0.05) is 41.5 Å². The second kappa shape index (κ2) is 10.5. The van der Waals surface area contributed by atoms with Crippen molar-refractivity contribution < 1.29 is 29.3 Å². The third kappa shape index (κ3) is 4.53. The fourth-order valence-corrected chi connectivity index (χ4v) is 12.3. The van der Waals surface area contributed by atoms with E-state index in [1.54, 1.807) is 0 Å². The molecule has 6 heteroatoms. The molecule has 0 aliphatic heterocycles. The van der Waals surface area contributed by atoms with Gasteiger partial charge < -0.3 is 19.7 Å². The molecule has 5 aliphatic rings. The number of hydrogen-bond acceptors (Lipinski definition) is 5. The summed E-state index contributed by atoms with van der Waals surface area (Å²) in [7, 11) is 0. The first kappa shape index (κ1) is 32.3. The number of aliphatic carboxylic acids is 1. The minimum Gasteiger partial charge on any atom is -0.481 e. The standard InChI is InChI=1S/C36H60O6/c1-22(20-41-21-42-30(40)31(2,3)4)23-12-17-36(29(38)39)19-18-34(8)24(28(23)36)10-11-26-33(7)15-14-27(37)32(5,6)25(33)13-16-35(26,34)9/h22-28,37H,10-21H2,1-9H3,(H,38,39)/t22?,23?,24?,25?,26?,27-,28?,33-,34+,35+,36-/m0/s1. The Morgan fingerprint density at radius 3 is 2.19 bits per heavy atom. The zero-order valence-electron chi connectivity index (χ0n) is 28.1. The predicted molar refractivity (Wildman–Crippen MR) is 163 cm³/mol. The number of esters is 1. The Bertz CT molecular complexity index is 1060. The van der Waals surface area contributed by atoms with E-state index in [2.05, 4.69) is 41.5 Å². The first-order valence-corrected chi connectivity index (χ1v) is 17.0. The zero-order valence-corrected chi connectivity index (χ0v) is 28.1. The molecule has 0 aromatic rings. The van der Waals surface area contributed by atoms with Crippen molar-refractivity contribution in [1.29, 1.82) is 0 Å². The average molecular weight is 589 g/mol. The molecule has 2 N–H and O–H groups in total. The van der Waals surface area contributed by atoms with Crippen molar-refractivity contribution in [2.75, 3.05) is 13.4 Å². The number of aliphatic hydroxyl groups is 1. The minimum absolute atomic E-state index is 0.0480. The molecule has 5 aliphatic carbocycles. The fourth-order valence-electron chi connectivity index (χ4n) is 12.3. The smallest absolute Gasteiger partial charge is 0.313 e. The molecule has 42 heavy (non-hydrogen) atoms. The monoisotopic (exact) mass is 588 g/mol. The number of carbonyl (C=O) groups is 2. The Kier molecular flexibility index (Phi) is 8.03. The molecule has 0 aromatic carbocycles.